The van der Waals surface area contributed by atoms with Crippen LogP contribution in [-0.2, 0) is 0 Å². The third kappa shape index (κ3) is 6.58. The fraction of sp³-hybridized carbons (Fsp3) is 0.889. The molecule has 0 aromatic carbocycles. The average molecular weight is 173 g/mol. The molecule has 2 N–H and O–H groups in total. The Kier molecular flexibility index (Phi) is 7.45. The lowest BCUT2D eigenvalue weighted by atomic mass is 10.4. The molecule has 0 bridgehead atoms. The van der Waals surface area contributed by atoms with E-state index < -0.39 is 0 Å². The van der Waals surface area contributed by atoms with Crippen LogP contribution in [-0.4, -0.2) is 42.3 Å². The fourth-order valence-corrected chi connectivity index (χ4v) is 1.02. The summed E-state index contributed by atoms with van der Waals surface area (Å²) in [6, 6.07) is 0. The smallest absolute Gasteiger partial charge is 0.0681 e. The van der Waals surface area contributed by atoms with E-state index in [0.29, 0.717) is 0 Å². The van der Waals surface area contributed by atoms with Crippen molar-refractivity contribution in [2.24, 2.45) is 0 Å². The van der Waals surface area contributed by atoms with Crippen molar-refractivity contribution >= 4 is 0 Å². The third-order valence-electron chi connectivity index (χ3n) is 1.83. The van der Waals surface area contributed by atoms with E-state index in [1.165, 1.54) is 0 Å². The van der Waals surface area contributed by atoms with E-state index in [2.05, 4.69) is 24.1 Å². The lowest BCUT2D eigenvalue weighted by Crippen LogP contribution is -2.32. The van der Waals surface area contributed by atoms with Gasteiger partial charge in [0.05, 0.1) is 12.6 Å². The van der Waals surface area contributed by atoms with Gasteiger partial charge in [0.2, 0.25) is 0 Å². The molecular weight excluding hydrogens is 152 g/mol. The summed E-state index contributed by atoms with van der Waals surface area (Å²) in [4.78, 5) is 2.34. The Morgan fingerprint density at radius 3 is 2.42 bits per heavy atom. The molecule has 0 aliphatic carbocycles. The van der Waals surface area contributed by atoms with Gasteiger partial charge in [-0.1, -0.05) is 13.8 Å². The van der Waals surface area contributed by atoms with Gasteiger partial charge in [-0.15, -0.1) is 0 Å². The van der Waals surface area contributed by atoms with E-state index in [1.807, 2.05) is 0 Å². The van der Waals surface area contributed by atoms with Crippen LogP contribution in [0.4, 0.5) is 0 Å². The van der Waals surface area contributed by atoms with Crippen molar-refractivity contribution in [3.8, 4) is 0 Å². The van der Waals surface area contributed by atoms with Crippen LogP contribution in [0.1, 0.15) is 20.8 Å². The number of nitrogens with zero attached hydrogens (tertiary/aromatic N) is 1. The van der Waals surface area contributed by atoms with Crippen molar-refractivity contribution in [3.05, 3.63) is 6.54 Å². The maximum absolute atomic E-state index is 8.90. The largest absolute Gasteiger partial charge is 0.392 e. The van der Waals surface area contributed by atoms with E-state index in [4.69, 9.17) is 5.11 Å². The van der Waals surface area contributed by atoms with E-state index in [9.17, 15) is 0 Å². The standard InChI is InChI=1S/C9H21N2O/c1-4-11(5-2)7-6-10-8-9(3)12/h8-10,12H,4-7H2,1-3H3. The fourth-order valence-electron chi connectivity index (χ4n) is 1.02. The van der Waals surface area contributed by atoms with Crippen LogP contribution in [0, 0.1) is 6.54 Å². The Labute approximate surface area is 75.8 Å². The molecule has 73 valence electrons. The lowest BCUT2D eigenvalue weighted by Gasteiger charge is -2.18. The van der Waals surface area contributed by atoms with Crippen LogP contribution in [0.2, 0.25) is 0 Å². The summed E-state index contributed by atoms with van der Waals surface area (Å²) >= 11 is 0. The first-order valence-corrected chi connectivity index (χ1v) is 4.67. The highest BCUT2D eigenvalue weighted by atomic mass is 16.3. The Morgan fingerprint density at radius 2 is 2.00 bits per heavy atom. The zero-order chi connectivity index (χ0) is 9.40. The highest BCUT2D eigenvalue weighted by Gasteiger charge is 1.98. The van der Waals surface area contributed by atoms with E-state index in [1.54, 1.807) is 13.5 Å². The molecule has 0 aliphatic heterocycles. The maximum atomic E-state index is 8.90. The normalized spacial score (nSPS) is 13.8. The third-order valence-corrected chi connectivity index (χ3v) is 1.83. The molecule has 0 saturated carbocycles. The van der Waals surface area contributed by atoms with Gasteiger partial charge in [-0.25, -0.2) is 0 Å². The van der Waals surface area contributed by atoms with Gasteiger partial charge in [0, 0.05) is 13.1 Å². The molecule has 0 aromatic heterocycles. The predicted molar refractivity (Wildman–Crippen MR) is 51.8 cm³/mol. The van der Waals surface area contributed by atoms with Crippen molar-refractivity contribution in [3.63, 3.8) is 0 Å². The van der Waals surface area contributed by atoms with Gasteiger partial charge in [0.25, 0.3) is 0 Å². The molecular formula is C9H21N2O. The van der Waals surface area contributed by atoms with Crippen molar-refractivity contribution in [2.45, 2.75) is 26.9 Å². The van der Waals surface area contributed by atoms with Crippen LogP contribution in [0.25, 0.3) is 0 Å². The number of rotatable bonds is 7. The van der Waals surface area contributed by atoms with Crippen LogP contribution in [0.5, 0.6) is 0 Å². The van der Waals surface area contributed by atoms with Gasteiger partial charge in [-0.3, -0.25) is 0 Å². The zero-order valence-electron chi connectivity index (χ0n) is 8.38. The zero-order valence-corrected chi connectivity index (χ0v) is 8.38. The molecule has 3 nitrogen and oxygen atoms in total. The number of nitrogens with one attached hydrogen (secondary N) is 1. The average Bonchev–Trinajstić information content (AvgIpc) is 2.04. The van der Waals surface area contributed by atoms with Gasteiger partial charge in [-0.2, -0.15) is 0 Å². The molecule has 0 spiro atoms. The second-order valence-corrected chi connectivity index (χ2v) is 2.89. The Morgan fingerprint density at radius 1 is 1.42 bits per heavy atom. The first-order chi connectivity index (χ1) is 5.70. The van der Waals surface area contributed by atoms with Crippen LogP contribution >= 0.6 is 0 Å². The summed E-state index contributed by atoms with van der Waals surface area (Å²) in [7, 11) is 0. The Balaban J connectivity index is 3.17. The molecule has 1 unspecified atom stereocenters. The molecule has 0 aromatic rings. The van der Waals surface area contributed by atoms with E-state index in [-0.39, 0.29) is 6.10 Å². The molecule has 0 saturated heterocycles. The summed E-state index contributed by atoms with van der Waals surface area (Å²) < 4.78 is 0. The molecule has 1 radical (unpaired) electrons. The van der Waals surface area contributed by atoms with Crippen molar-refractivity contribution in [1.29, 1.82) is 0 Å². The van der Waals surface area contributed by atoms with E-state index in [0.717, 1.165) is 26.2 Å². The summed E-state index contributed by atoms with van der Waals surface area (Å²) in [5.74, 6) is 0. The second-order valence-electron chi connectivity index (χ2n) is 2.89. The SMILES string of the molecule is CCN(CC)CCN[CH]C(C)O. The first kappa shape index (κ1) is 11.9. The van der Waals surface area contributed by atoms with Crippen molar-refractivity contribution in [1.82, 2.24) is 10.2 Å². The van der Waals surface area contributed by atoms with Gasteiger partial charge in [0.15, 0.2) is 0 Å². The highest BCUT2D eigenvalue weighted by Crippen LogP contribution is 1.86. The quantitative estimate of drug-likeness (QED) is 0.549. The molecule has 12 heavy (non-hydrogen) atoms. The van der Waals surface area contributed by atoms with Gasteiger partial charge in [-0.05, 0) is 20.0 Å². The number of likely N-dealkylation sites (N-methyl/N-ethyl adjacent to an activating group) is 1. The molecule has 3 heteroatoms. The Hall–Kier alpha value is -0.120. The summed E-state index contributed by atoms with van der Waals surface area (Å²) in [5, 5.41) is 12.0. The topological polar surface area (TPSA) is 35.5 Å². The van der Waals surface area contributed by atoms with Crippen molar-refractivity contribution in [2.75, 3.05) is 26.2 Å². The number of aliphatic hydroxyl groups is 1. The predicted octanol–water partition coefficient (Wildman–Crippen LogP) is 0.460. The monoisotopic (exact) mass is 173 g/mol. The van der Waals surface area contributed by atoms with Gasteiger partial charge >= 0.3 is 0 Å². The minimum atomic E-state index is -0.360. The van der Waals surface area contributed by atoms with Crippen molar-refractivity contribution < 1.29 is 5.11 Å². The minimum Gasteiger partial charge on any atom is -0.392 e. The number of aliphatic hydroxyl groups excluding tert-OH is 1. The number of hydrogen-bond donors (Lipinski definition) is 2. The maximum Gasteiger partial charge on any atom is 0.0681 e. The summed E-state index contributed by atoms with van der Waals surface area (Å²) in [6.07, 6.45) is -0.360. The first-order valence-electron chi connectivity index (χ1n) is 4.67. The van der Waals surface area contributed by atoms with Gasteiger partial charge in [0.1, 0.15) is 0 Å². The molecule has 0 fully saturated rings. The molecule has 0 aliphatic rings. The van der Waals surface area contributed by atoms with E-state index >= 15 is 0 Å². The molecule has 1 atom stereocenters. The second kappa shape index (κ2) is 7.53. The van der Waals surface area contributed by atoms with Crippen LogP contribution < -0.4 is 5.32 Å². The van der Waals surface area contributed by atoms with Crippen LogP contribution in [0.3, 0.4) is 0 Å². The summed E-state index contributed by atoms with van der Waals surface area (Å²) in [5.41, 5.74) is 0. The summed E-state index contributed by atoms with van der Waals surface area (Å²) in [6.45, 7) is 11.9. The molecule has 0 heterocycles. The minimum absolute atomic E-state index is 0.360. The lowest BCUT2D eigenvalue weighted by molar-refractivity contribution is 0.215. The number of hydrogen-bond acceptors (Lipinski definition) is 3. The van der Waals surface area contributed by atoms with Crippen LogP contribution in [0.15, 0.2) is 0 Å². The molecule has 0 amide bonds. The highest BCUT2D eigenvalue weighted by molar-refractivity contribution is 4.68. The van der Waals surface area contributed by atoms with Gasteiger partial charge < -0.3 is 15.3 Å². The Bertz CT molecular complexity index is 92.5. The molecule has 0 rings (SSSR count).